The second kappa shape index (κ2) is 7.11. The van der Waals surface area contributed by atoms with Crippen LogP contribution in [0.2, 0.25) is 0 Å². The molecule has 2 aromatic carbocycles. The van der Waals surface area contributed by atoms with Crippen LogP contribution in [0.5, 0.6) is 11.5 Å². The van der Waals surface area contributed by atoms with Crippen molar-refractivity contribution in [3.63, 3.8) is 0 Å². The third kappa shape index (κ3) is 2.75. The van der Waals surface area contributed by atoms with Crippen molar-refractivity contribution in [1.82, 2.24) is 10.3 Å². The van der Waals surface area contributed by atoms with Crippen LogP contribution >= 0.6 is 0 Å². The Labute approximate surface area is 195 Å². The summed E-state index contributed by atoms with van der Waals surface area (Å²) < 4.78 is 17.1. The van der Waals surface area contributed by atoms with Crippen LogP contribution in [0.1, 0.15) is 5.56 Å². The highest BCUT2D eigenvalue weighted by Crippen LogP contribution is 2.53. The molecule has 2 amide bonds. The van der Waals surface area contributed by atoms with Gasteiger partial charge >= 0.3 is 0 Å². The lowest BCUT2D eigenvalue weighted by Gasteiger charge is -2.23. The van der Waals surface area contributed by atoms with Crippen LogP contribution in [0.3, 0.4) is 0 Å². The highest BCUT2D eigenvalue weighted by atomic mass is 16.7. The fourth-order valence-corrected chi connectivity index (χ4v) is 5.85. The third-order valence-corrected chi connectivity index (χ3v) is 7.44. The first-order valence-corrected chi connectivity index (χ1v) is 11.5. The minimum absolute atomic E-state index is 0.0949. The molecule has 5 heterocycles. The summed E-state index contributed by atoms with van der Waals surface area (Å²) in [6.45, 7) is 1.04. The van der Waals surface area contributed by atoms with E-state index in [1.807, 2.05) is 48.7 Å². The van der Waals surface area contributed by atoms with Gasteiger partial charge in [-0.3, -0.25) is 9.59 Å². The van der Waals surface area contributed by atoms with Crippen molar-refractivity contribution in [2.75, 3.05) is 24.8 Å². The Balaban J connectivity index is 1.08. The molecule has 4 aliphatic heterocycles. The maximum absolute atomic E-state index is 13.5. The summed E-state index contributed by atoms with van der Waals surface area (Å²) in [7, 11) is 0. The summed E-state index contributed by atoms with van der Waals surface area (Å²) >= 11 is 0. The molecular formula is C26H23N3O5. The van der Waals surface area contributed by atoms with E-state index in [1.165, 1.54) is 0 Å². The van der Waals surface area contributed by atoms with Crippen LogP contribution in [-0.4, -0.2) is 48.4 Å². The van der Waals surface area contributed by atoms with Gasteiger partial charge in [-0.2, -0.15) is 0 Å². The molecule has 3 aromatic rings. The number of nitrogens with zero attached hydrogens (tertiary/aromatic N) is 1. The standard InChI is InChI=1S/C26H23N3O5/c30-24(27-10-8-15-12-28-18-4-2-1-3-17(15)18)22-20-7-9-26(34-20)13-29(25(31)23(22)26)16-5-6-19-21(11-16)33-14-32-19/h1-7,9,11-12,20,22-23,28H,8,10,13-14H2,(H,27,30)/t20-,22+,23-,26-/m1/s1. The first-order chi connectivity index (χ1) is 16.6. The molecule has 0 radical (unpaired) electrons. The molecule has 172 valence electrons. The molecule has 2 fully saturated rings. The zero-order valence-corrected chi connectivity index (χ0v) is 18.3. The SMILES string of the molecule is O=C(NCCc1c[nH]c2ccccc12)[C@H]1[C@H]2C=C[C@]3(CN(c4ccc5c(c4)OCO5)C(=O)[C@@H]13)O2. The molecular weight excluding hydrogens is 434 g/mol. The van der Waals surface area contributed by atoms with Gasteiger partial charge in [0.15, 0.2) is 11.5 Å². The van der Waals surface area contributed by atoms with Crippen LogP contribution < -0.4 is 19.7 Å². The number of aromatic amines is 1. The number of nitrogens with one attached hydrogen (secondary N) is 2. The van der Waals surface area contributed by atoms with E-state index >= 15 is 0 Å². The maximum Gasteiger partial charge on any atom is 0.234 e. The van der Waals surface area contributed by atoms with Gasteiger partial charge in [-0.05, 0) is 30.2 Å². The van der Waals surface area contributed by atoms with E-state index in [1.54, 1.807) is 11.0 Å². The number of carbonyl (C=O) groups excluding carboxylic acids is 2. The number of H-pyrrole nitrogens is 1. The number of hydrogen-bond donors (Lipinski definition) is 2. The van der Waals surface area contributed by atoms with E-state index in [0.717, 1.165) is 22.2 Å². The number of carbonyl (C=O) groups is 2. The van der Waals surface area contributed by atoms with E-state index < -0.39 is 17.4 Å². The van der Waals surface area contributed by atoms with E-state index in [0.29, 0.717) is 31.0 Å². The number of benzene rings is 2. The average molecular weight is 457 g/mol. The third-order valence-electron chi connectivity index (χ3n) is 7.44. The van der Waals surface area contributed by atoms with Gasteiger partial charge in [-0.1, -0.05) is 30.4 Å². The number of aromatic nitrogens is 1. The monoisotopic (exact) mass is 457 g/mol. The molecule has 8 heteroatoms. The van der Waals surface area contributed by atoms with Gasteiger partial charge in [0.05, 0.1) is 24.5 Å². The molecule has 0 aliphatic carbocycles. The van der Waals surface area contributed by atoms with E-state index in [2.05, 4.69) is 16.4 Å². The van der Waals surface area contributed by atoms with Crippen molar-refractivity contribution in [1.29, 1.82) is 0 Å². The number of para-hydroxylation sites is 1. The minimum atomic E-state index is -0.767. The van der Waals surface area contributed by atoms with Gasteiger partial charge < -0.3 is 29.4 Å². The largest absolute Gasteiger partial charge is 0.454 e. The summed E-state index contributed by atoms with van der Waals surface area (Å²) in [5.41, 5.74) is 2.19. The van der Waals surface area contributed by atoms with E-state index in [-0.39, 0.29) is 24.7 Å². The number of amides is 2. The molecule has 2 saturated heterocycles. The van der Waals surface area contributed by atoms with Crippen LogP contribution in [0.4, 0.5) is 5.69 Å². The summed E-state index contributed by atoms with van der Waals surface area (Å²) in [6.07, 6.45) is 6.20. The van der Waals surface area contributed by atoms with Crippen molar-refractivity contribution in [2.45, 2.75) is 18.1 Å². The Morgan fingerprint density at radius 1 is 1.18 bits per heavy atom. The molecule has 4 aliphatic rings. The number of fused-ring (bicyclic) bond motifs is 3. The van der Waals surface area contributed by atoms with E-state index in [4.69, 9.17) is 14.2 Å². The van der Waals surface area contributed by atoms with Gasteiger partial charge in [0, 0.05) is 35.4 Å². The predicted octanol–water partition coefficient (Wildman–Crippen LogP) is 2.54. The van der Waals surface area contributed by atoms with Crippen LogP contribution in [0.25, 0.3) is 10.9 Å². The van der Waals surface area contributed by atoms with E-state index in [9.17, 15) is 9.59 Å². The van der Waals surface area contributed by atoms with Crippen molar-refractivity contribution in [2.24, 2.45) is 11.8 Å². The molecule has 34 heavy (non-hydrogen) atoms. The van der Waals surface area contributed by atoms with Crippen molar-refractivity contribution < 1.29 is 23.8 Å². The topological polar surface area (TPSA) is 92.9 Å². The lowest BCUT2D eigenvalue weighted by Crippen LogP contribution is -2.44. The van der Waals surface area contributed by atoms with Gasteiger partial charge in [0.1, 0.15) is 5.60 Å². The second-order valence-electron chi connectivity index (χ2n) is 9.26. The van der Waals surface area contributed by atoms with Crippen LogP contribution in [-0.2, 0) is 20.7 Å². The Bertz CT molecular complexity index is 1360. The van der Waals surface area contributed by atoms with Gasteiger partial charge in [-0.25, -0.2) is 0 Å². The van der Waals surface area contributed by atoms with Crippen molar-refractivity contribution in [3.05, 3.63) is 66.4 Å². The molecule has 1 aromatic heterocycles. The maximum atomic E-state index is 13.5. The first-order valence-electron chi connectivity index (χ1n) is 11.5. The Kier molecular flexibility index (Phi) is 4.11. The molecule has 7 rings (SSSR count). The summed E-state index contributed by atoms with van der Waals surface area (Å²) in [4.78, 5) is 31.8. The Hall–Kier alpha value is -3.78. The summed E-state index contributed by atoms with van der Waals surface area (Å²) in [5, 5.41) is 4.22. The van der Waals surface area contributed by atoms with Gasteiger partial charge in [0.25, 0.3) is 0 Å². The van der Waals surface area contributed by atoms with Gasteiger partial charge in [0.2, 0.25) is 18.6 Å². The minimum Gasteiger partial charge on any atom is -0.454 e. The number of ether oxygens (including phenoxy) is 3. The molecule has 0 unspecified atom stereocenters. The zero-order chi connectivity index (χ0) is 22.9. The van der Waals surface area contributed by atoms with Gasteiger partial charge in [-0.15, -0.1) is 0 Å². The summed E-state index contributed by atoms with van der Waals surface area (Å²) in [6, 6.07) is 13.6. The molecule has 0 saturated carbocycles. The predicted molar refractivity (Wildman–Crippen MR) is 124 cm³/mol. The smallest absolute Gasteiger partial charge is 0.234 e. The fraction of sp³-hybridized carbons (Fsp3) is 0.308. The number of hydrogen-bond acceptors (Lipinski definition) is 5. The van der Waals surface area contributed by atoms with Crippen LogP contribution in [0, 0.1) is 11.8 Å². The highest BCUT2D eigenvalue weighted by molar-refractivity contribution is 6.03. The lowest BCUT2D eigenvalue weighted by atomic mass is 9.77. The molecule has 8 nitrogen and oxygen atoms in total. The molecule has 1 spiro atoms. The Morgan fingerprint density at radius 3 is 3.00 bits per heavy atom. The lowest BCUT2D eigenvalue weighted by molar-refractivity contribution is -0.131. The normalized spacial score (nSPS) is 28.2. The number of rotatable bonds is 5. The Morgan fingerprint density at radius 2 is 2.06 bits per heavy atom. The zero-order valence-electron chi connectivity index (χ0n) is 18.3. The second-order valence-corrected chi connectivity index (χ2v) is 9.26. The first kappa shape index (κ1) is 19.7. The van der Waals surface area contributed by atoms with Crippen LogP contribution in [0.15, 0.2) is 60.8 Å². The molecule has 2 N–H and O–H groups in total. The number of anilines is 1. The molecule has 2 bridgehead atoms. The average Bonchev–Trinajstić information content (AvgIpc) is 3.66. The highest BCUT2D eigenvalue weighted by Gasteiger charge is 2.67. The summed E-state index contributed by atoms with van der Waals surface area (Å²) in [5.74, 6) is -0.0320. The fourth-order valence-electron chi connectivity index (χ4n) is 5.85. The van der Waals surface area contributed by atoms with Crippen molar-refractivity contribution in [3.8, 4) is 11.5 Å². The molecule has 4 atom stereocenters. The quantitative estimate of drug-likeness (QED) is 0.575. The van der Waals surface area contributed by atoms with Crippen molar-refractivity contribution >= 4 is 28.4 Å².